The first-order valence-corrected chi connectivity index (χ1v) is 47.5. The van der Waals surface area contributed by atoms with Crippen LogP contribution in [0, 0.1) is 0 Å². The SMILES string of the molecule is CC(C)(C)OC(=O)Cn1cc(-c2cnc(NC3Cc4ccccc4C3)nc2)c(C=O)n1.CC(C)(C)OC(=O)Cn1cc(-c2cnc(NC3Cc4ccccc4C3)nc2)c(CN2CCOCC2)n1.O=C(Cn1cc(-c2cnc(NC3Cc4ccccc4C3)nc2)c(CN2CCOCC2)n1)N1CCc2n[nH]nc2C1.O=C(O)Cn1cc(-c2cnc(NC3Cc4ccccc4C3)nc2)c(CN2CCOCC2)n1. The molecule has 1 amide bonds. The summed E-state index contributed by atoms with van der Waals surface area (Å²) in [4.78, 5) is 105. The Kier molecular flexibility index (Phi) is 29.8. The Labute approximate surface area is 804 Å². The van der Waals surface area contributed by atoms with Crippen LogP contribution in [0.4, 0.5) is 23.8 Å². The van der Waals surface area contributed by atoms with Gasteiger partial charge in [0.15, 0.2) is 6.29 Å². The Morgan fingerprint density at radius 2 is 0.683 bits per heavy atom. The number of carbonyl (C=O) groups excluding carboxylic acids is 4. The minimum atomic E-state index is -0.926. The number of aromatic amines is 1. The number of esters is 2. The molecule has 3 saturated heterocycles. The zero-order chi connectivity index (χ0) is 95.9. The van der Waals surface area contributed by atoms with E-state index in [0.29, 0.717) is 126 Å². The Morgan fingerprint density at radius 1 is 0.396 bits per heavy atom. The highest BCUT2D eigenvalue weighted by molar-refractivity contribution is 5.85. The average molecular weight is 1890 g/mol. The number of rotatable bonds is 27. The van der Waals surface area contributed by atoms with Crippen molar-refractivity contribution in [2.24, 2.45) is 0 Å². The summed E-state index contributed by atoms with van der Waals surface area (Å²) in [6, 6.07) is 35.1. The summed E-state index contributed by atoms with van der Waals surface area (Å²) in [5.41, 5.74) is 21.0. The molecule has 4 aliphatic carbocycles. The van der Waals surface area contributed by atoms with Crippen molar-refractivity contribution in [2.45, 2.75) is 187 Å². The molecule has 13 heterocycles. The third-order valence-electron chi connectivity index (χ3n) is 25.3. The Bertz CT molecular complexity index is 6310. The number of fused-ring (bicyclic) bond motifs is 5. The van der Waals surface area contributed by atoms with Gasteiger partial charge in [-0.2, -0.15) is 35.8 Å². The van der Waals surface area contributed by atoms with Gasteiger partial charge < -0.3 is 55.0 Å². The number of hydrogen-bond donors (Lipinski definition) is 6. The van der Waals surface area contributed by atoms with E-state index in [0.717, 1.165) is 152 Å². The molecule has 38 nitrogen and oxygen atoms in total. The van der Waals surface area contributed by atoms with Gasteiger partial charge in [0, 0.05) is 215 Å². The molecule has 21 rings (SSSR count). The van der Waals surface area contributed by atoms with E-state index in [4.69, 9.17) is 33.9 Å². The maximum atomic E-state index is 13.2. The van der Waals surface area contributed by atoms with Crippen molar-refractivity contribution in [3.8, 4) is 44.5 Å². The number of ether oxygens (including phenoxy) is 5. The average Bonchev–Trinajstić information content (AvgIpc) is 1.69. The van der Waals surface area contributed by atoms with Gasteiger partial charge >= 0.3 is 17.9 Å². The highest BCUT2D eigenvalue weighted by Gasteiger charge is 2.32. The minimum Gasteiger partial charge on any atom is -0.480 e. The van der Waals surface area contributed by atoms with Crippen LogP contribution in [-0.2, 0) is 153 Å². The van der Waals surface area contributed by atoms with E-state index in [2.05, 4.69) is 199 Å². The second-order valence-electron chi connectivity index (χ2n) is 38.1. The van der Waals surface area contributed by atoms with Crippen LogP contribution in [0.15, 0.2) is 171 Å². The number of morpholine rings is 3. The summed E-state index contributed by atoms with van der Waals surface area (Å²) in [5, 5.41) is 52.3. The van der Waals surface area contributed by atoms with Crippen molar-refractivity contribution in [1.82, 2.24) is 114 Å². The summed E-state index contributed by atoms with van der Waals surface area (Å²) in [6.45, 7) is 23.3. The maximum Gasteiger partial charge on any atom is 0.328 e. The van der Waals surface area contributed by atoms with Crippen LogP contribution in [0.1, 0.15) is 125 Å². The van der Waals surface area contributed by atoms with Gasteiger partial charge in [0.2, 0.25) is 29.7 Å². The lowest BCUT2D eigenvalue weighted by atomic mass is 10.1. The number of aldehydes is 1. The summed E-state index contributed by atoms with van der Waals surface area (Å²) in [6.07, 6.45) is 30.5. The molecule has 4 aliphatic heterocycles. The van der Waals surface area contributed by atoms with Gasteiger partial charge in [0.05, 0.1) is 69.0 Å². The predicted octanol–water partition coefficient (Wildman–Crippen LogP) is 9.46. The largest absolute Gasteiger partial charge is 0.480 e. The first-order valence-electron chi connectivity index (χ1n) is 47.5. The van der Waals surface area contributed by atoms with E-state index < -0.39 is 23.1 Å². The highest BCUT2D eigenvalue weighted by atomic mass is 16.6. The van der Waals surface area contributed by atoms with Crippen LogP contribution in [-0.4, -0.2) is 270 Å². The van der Waals surface area contributed by atoms with Crippen LogP contribution in [0.2, 0.25) is 0 Å². The van der Waals surface area contributed by atoms with Gasteiger partial charge in [-0.15, -0.1) is 0 Å². The zero-order valence-corrected chi connectivity index (χ0v) is 79.1. The molecule has 0 bridgehead atoms. The third-order valence-corrected chi connectivity index (χ3v) is 25.3. The number of aliphatic carboxylic acids is 1. The molecule has 0 atom stereocenters. The molecule has 722 valence electrons. The van der Waals surface area contributed by atoms with Gasteiger partial charge in [-0.25, -0.2) is 39.9 Å². The molecule has 8 aliphatic rings. The van der Waals surface area contributed by atoms with E-state index in [9.17, 15) is 29.1 Å². The second-order valence-corrected chi connectivity index (χ2v) is 38.1. The molecule has 9 aromatic heterocycles. The van der Waals surface area contributed by atoms with Gasteiger partial charge in [-0.1, -0.05) is 97.1 Å². The van der Waals surface area contributed by atoms with Gasteiger partial charge in [-0.05, 0) is 137 Å². The van der Waals surface area contributed by atoms with E-state index in [1.807, 2.05) is 62.9 Å². The number of benzene rings is 4. The fourth-order valence-corrected chi connectivity index (χ4v) is 18.7. The number of nitrogens with zero attached hydrogens (tertiary/aromatic N) is 22. The topological polar surface area (TPSA) is 429 Å². The fraction of sp³-hybridized carbons (Fsp3) is 0.416. The molecule has 38 heteroatoms. The monoisotopic (exact) mass is 1880 g/mol. The molecule has 139 heavy (non-hydrogen) atoms. The highest BCUT2D eigenvalue weighted by Crippen LogP contribution is 2.34. The molecular weight excluding hydrogens is 1770 g/mol. The summed E-state index contributed by atoms with van der Waals surface area (Å²) < 4.78 is 33.5. The van der Waals surface area contributed by atoms with Crippen molar-refractivity contribution < 1.29 is 52.8 Å². The minimum absolute atomic E-state index is 0.00832. The number of nitrogens with one attached hydrogen (secondary N) is 5. The van der Waals surface area contributed by atoms with Crippen molar-refractivity contribution in [3.63, 3.8) is 0 Å². The molecule has 13 aromatic rings. The molecule has 0 spiro atoms. The molecule has 0 radical (unpaired) electrons. The summed E-state index contributed by atoms with van der Waals surface area (Å²) >= 11 is 0. The van der Waals surface area contributed by atoms with Crippen molar-refractivity contribution in [3.05, 3.63) is 250 Å². The van der Waals surface area contributed by atoms with E-state index >= 15 is 0 Å². The Morgan fingerprint density at radius 3 is 0.993 bits per heavy atom. The number of carboxylic acids is 1. The van der Waals surface area contributed by atoms with E-state index in [1.54, 1.807) is 67.3 Å². The third kappa shape index (κ3) is 25.4. The fourth-order valence-electron chi connectivity index (χ4n) is 18.7. The Hall–Kier alpha value is -14.3. The molecule has 0 unspecified atom stereocenters. The van der Waals surface area contributed by atoms with Crippen LogP contribution < -0.4 is 21.3 Å². The van der Waals surface area contributed by atoms with Gasteiger partial charge in [0.1, 0.15) is 48.8 Å². The van der Waals surface area contributed by atoms with Crippen LogP contribution >= 0.6 is 0 Å². The summed E-state index contributed by atoms with van der Waals surface area (Å²) in [5.74, 6) is 0.715. The quantitative estimate of drug-likeness (QED) is 0.0206. The number of hydrogen-bond acceptors (Lipinski definition) is 31. The Balaban J connectivity index is 0.000000124. The number of carbonyl (C=O) groups is 5. The molecule has 4 aromatic carbocycles. The smallest absolute Gasteiger partial charge is 0.328 e. The maximum absolute atomic E-state index is 13.2. The first-order chi connectivity index (χ1) is 67.4. The van der Waals surface area contributed by atoms with E-state index in [-0.39, 0.29) is 61.9 Å². The number of H-pyrrole nitrogens is 1. The number of anilines is 4. The normalized spacial score (nSPS) is 16.3. The lowest BCUT2D eigenvalue weighted by Gasteiger charge is -2.26. The van der Waals surface area contributed by atoms with E-state index in [1.165, 1.54) is 53.9 Å². The lowest BCUT2D eigenvalue weighted by molar-refractivity contribution is -0.156. The number of amides is 1. The van der Waals surface area contributed by atoms with Crippen LogP contribution in [0.3, 0.4) is 0 Å². The second kappa shape index (κ2) is 43.6. The standard InChI is InChI=1S/C28H32N10O2.C27H34N6O3.C23H26N6O3.C23H25N5O3/c39-27(37-6-5-24-26(17-37)33-35-32-24)18-38-15-23(25(34-38)16-36-7-9-40-10-8-36)21-13-29-28(30-14-21)31-22-11-19-3-1-2-4-20(19)12-22;1-27(2,3)36-25(34)18-33-16-23(24(31-33)17-32-8-10-35-11-9-32)21-14-28-26(29-15-21)30-22-12-19-6-4-5-7-20(19)13-22;30-22(31)15-29-13-20(21(27-29)14-28-5-7-32-8-6-28)18-11-24-23(25-12-18)26-19-9-16-3-1-2-4-17(16)10-19;1-23(2,3)31-21(30)13-28-12-19(20(14-29)27-28)17-10-24-22(25-11-17)26-18-8-15-6-4-5-7-16(15)9-18/h1-4,13-15,22H,5-12,16-18H2,(H,29,30,31)(H,32,33,35);4-7,14-16,22H,8-13,17-18H2,1-3H3,(H,28,29,30);1-4,11-13,19H,5-10,14-15H2,(H,30,31)(H,24,25,26);4-7,10-12,14,18H,8-9,13H2,1-3H3,(H,24,25,26). The van der Waals surface area contributed by atoms with Crippen molar-refractivity contribution in [2.75, 3.05) is 107 Å². The molecule has 3 fully saturated rings. The predicted molar refractivity (Wildman–Crippen MR) is 517 cm³/mol. The number of aromatic nitrogens is 19. The summed E-state index contributed by atoms with van der Waals surface area (Å²) in [7, 11) is 0. The van der Waals surface area contributed by atoms with Crippen LogP contribution in [0.5, 0.6) is 0 Å². The number of carboxylic acid groups (broad SMARTS) is 1. The molecule has 0 saturated carbocycles. The zero-order valence-electron chi connectivity index (χ0n) is 79.1. The van der Waals surface area contributed by atoms with Gasteiger partial charge in [0.25, 0.3) is 0 Å². The van der Waals surface area contributed by atoms with Crippen molar-refractivity contribution >= 4 is 53.9 Å². The van der Waals surface area contributed by atoms with Crippen molar-refractivity contribution in [1.29, 1.82) is 0 Å². The molecular formula is C101H117N27O11. The van der Waals surface area contributed by atoms with Gasteiger partial charge in [-0.3, -0.25) is 57.4 Å². The lowest BCUT2D eigenvalue weighted by Crippen LogP contribution is -2.38. The first kappa shape index (κ1) is 95.0. The molecule has 6 N–H and O–H groups in total. The van der Waals surface area contributed by atoms with Crippen LogP contribution in [0.25, 0.3) is 44.5 Å².